The fourth-order valence-electron chi connectivity index (χ4n) is 3.66. The molecule has 3 aromatic carbocycles. The van der Waals surface area contributed by atoms with E-state index >= 15 is 0 Å². The Balaban J connectivity index is 1.29. The fourth-order valence-corrected chi connectivity index (χ4v) is 6.82. The van der Waals surface area contributed by atoms with Crippen LogP contribution < -0.4 is 5.32 Å². The van der Waals surface area contributed by atoms with Crippen molar-refractivity contribution in [1.29, 1.82) is 0 Å². The number of ether oxygens (including phenoxy) is 1. The third-order valence-corrected chi connectivity index (χ3v) is 9.40. The highest BCUT2D eigenvalue weighted by Crippen LogP contribution is 2.34. The second-order valence-electron chi connectivity index (χ2n) is 7.74. The number of carbonyl (C=O) groups is 2. The van der Waals surface area contributed by atoms with Gasteiger partial charge >= 0.3 is 5.97 Å². The molecule has 0 spiro atoms. The number of amides is 1. The lowest BCUT2D eigenvalue weighted by Crippen LogP contribution is -2.28. The Bertz CT molecular complexity index is 1320. The predicted octanol–water partition coefficient (Wildman–Crippen LogP) is 4.66. The lowest BCUT2D eigenvalue weighted by atomic mass is 10.1. The summed E-state index contributed by atoms with van der Waals surface area (Å²) in [6.07, 6.45) is 1.69. The number of rotatable bonds is 8. The molecule has 0 atom stereocenters. The van der Waals surface area contributed by atoms with E-state index in [1.807, 2.05) is 36.4 Å². The molecule has 1 heterocycles. The van der Waals surface area contributed by atoms with E-state index in [1.54, 1.807) is 12.1 Å². The number of benzene rings is 3. The van der Waals surface area contributed by atoms with Gasteiger partial charge in [-0.15, -0.1) is 11.8 Å². The van der Waals surface area contributed by atoms with Gasteiger partial charge in [0.15, 0.2) is 6.61 Å². The second kappa shape index (κ2) is 10.9. The summed E-state index contributed by atoms with van der Waals surface area (Å²) < 4.78 is 32.9. The van der Waals surface area contributed by atoms with Crippen LogP contribution in [0.4, 0.5) is 5.69 Å². The van der Waals surface area contributed by atoms with Crippen molar-refractivity contribution in [2.75, 3.05) is 30.8 Å². The molecular formula is C24H23BrN2O5S2. The number of anilines is 1. The van der Waals surface area contributed by atoms with Gasteiger partial charge in [-0.2, -0.15) is 4.31 Å². The molecule has 0 saturated carbocycles. The number of sulfonamides is 1. The molecule has 1 fully saturated rings. The van der Waals surface area contributed by atoms with Crippen LogP contribution in [0.25, 0.3) is 10.8 Å². The standard InChI is InChI=1S/C24H23BrN2O5S2/c25-24-20-9-2-1-6-17(20)10-11-21(24)33-16-23(29)32-15-22(28)26-18-7-5-8-19(14-18)34(30,31)27-12-3-4-13-27/h1-2,5-11,14H,3-4,12-13,15-16H2,(H,26,28). The van der Waals surface area contributed by atoms with Gasteiger partial charge in [0.1, 0.15) is 0 Å². The third-order valence-electron chi connectivity index (χ3n) is 5.36. The Morgan fingerprint density at radius 3 is 2.59 bits per heavy atom. The molecule has 0 bridgehead atoms. The van der Waals surface area contributed by atoms with E-state index in [0.29, 0.717) is 18.8 Å². The number of carbonyl (C=O) groups excluding carboxylic acids is 2. The molecule has 0 aromatic heterocycles. The molecule has 0 radical (unpaired) electrons. The van der Waals surface area contributed by atoms with Crippen molar-refractivity contribution in [3.8, 4) is 0 Å². The first kappa shape index (κ1) is 24.7. The highest BCUT2D eigenvalue weighted by molar-refractivity contribution is 9.10. The van der Waals surface area contributed by atoms with Crippen molar-refractivity contribution >= 4 is 66.1 Å². The van der Waals surface area contributed by atoms with Gasteiger partial charge in [-0.25, -0.2) is 8.42 Å². The zero-order chi connectivity index (χ0) is 24.1. The summed E-state index contributed by atoms with van der Waals surface area (Å²) in [5.41, 5.74) is 0.329. The second-order valence-corrected chi connectivity index (χ2v) is 11.5. The van der Waals surface area contributed by atoms with Crippen LogP contribution in [0.1, 0.15) is 12.8 Å². The van der Waals surface area contributed by atoms with Crippen molar-refractivity contribution in [2.45, 2.75) is 22.6 Å². The van der Waals surface area contributed by atoms with E-state index in [2.05, 4.69) is 21.2 Å². The molecular weight excluding hydrogens is 540 g/mol. The zero-order valence-electron chi connectivity index (χ0n) is 18.2. The zero-order valence-corrected chi connectivity index (χ0v) is 21.4. The Kier molecular flexibility index (Phi) is 7.92. The fraction of sp³-hybridized carbons (Fsp3) is 0.250. The van der Waals surface area contributed by atoms with Gasteiger partial charge < -0.3 is 10.1 Å². The number of fused-ring (bicyclic) bond motifs is 1. The van der Waals surface area contributed by atoms with Crippen LogP contribution in [-0.4, -0.2) is 50.0 Å². The Morgan fingerprint density at radius 1 is 1.03 bits per heavy atom. The molecule has 0 unspecified atom stereocenters. The summed E-state index contributed by atoms with van der Waals surface area (Å²) in [4.78, 5) is 25.4. The van der Waals surface area contributed by atoms with Gasteiger partial charge in [0.05, 0.1) is 10.6 Å². The molecule has 3 aromatic rings. The summed E-state index contributed by atoms with van der Waals surface area (Å²) in [6.45, 7) is 0.548. The number of esters is 1. The maximum absolute atomic E-state index is 12.7. The number of nitrogens with one attached hydrogen (secondary N) is 1. The lowest BCUT2D eigenvalue weighted by molar-refractivity contribution is -0.144. The van der Waals surface area contributed by atoms with Gasteiger partial charge in [-0.1, -0.05) is 36.4 Å². The SMILES string of the molecule is O=C(COC(=O)CSc1ccc2ccccc2c1Br)Nc1cccc(S(=O)(=O)N2CCCC2)c1. The topological polar surface area (TPSA) is 92.8 Å². The lowest BCUT2D eigenvalue weighted by Gasteiger charge is -2.16. The van der Waals surface area contributed by atoms with Gasteiger partial charge in [-0.05, 0) is 63.8 Å². The summed E-state index contributed by atoms with van der Waals surface area (Å²) >= 11 is 4.91. The predicted molar refractivity (Wildman–Crippen MR) is 136 cm³/mol. The molecule has 1 amide bonds. The van der Waals surface area contributed by atoms with Crippen LogP contribution in [0.2, 0.25) is 0 Å². The molecule has 34 heavy (non-hydrogen) atoms. The van der Waals surface area contributed by atoms with E-state index < -0.39 is 28.5 Å². The average molecular weight is 563 g/mol. The maximum Gasteiger partial charge on any atom is 0.316 e. The van der Waals surface area contributed by atoms with Crippen LogP contribution in [0.5, 0.6) is 0 Å². The van der Waals surface area contributed by atoms with E-state index in [1.165, 1.54) is 28.2 Å². The van der Waals surface area contributed by atoms with Crippen LogP contribution in [0, 0.1) is 0 Å². The minimum absolute atomic E-state index is 0.0494. The Morgan fingerprint density at radius 2 is 1.79 bits per heavy atom. The number of hydrogen-bond acceptors (Lipinski definition) is 6. The molecule has 1 aliphatic heterocycles. The van der Waals surface area contributed by atoms with Crippen molar-refractivity contribution in [1.82, 2.24) is 4.31 Å². The number of halogens is 1. The van der Waals surface area contributed by atoms with Crippen LogP contribution >= 0.6 is 27.7 Å². The number of nitrogens with zero attached hydrogens (tertiary/aromatic N) is 1. The first-order valence-corrected chi connectivity index (χ1v) is 13.9. The quantitative estimate of drug-likeness (QED) is 0.317. The largest absolute Gasteiger partial charge is 0.455 e. The third kappa shape index (κ3) is 5.80. The van der Waals surface area contributed by atoms with E-state index in [0.717, 1.165) is 33.0 Å². The monoisotopic (exact) mass is 562 g/mol. The minimum Gasteiger partial charge on any atom is -0.455 e. The van der Waals surface area contributed by atoms with Crippen molar-refractivity contribution in [3.63, 3.8) is 0 Å². The van der Waals surface area contributed by atoms with Crippen LogP contribution in [0.3, 0.4) is 0 Å². The van der Waals surface area contributed by atoms with Crippen molar-refractivity contribution < 1.29 is 22.7 Å². The highest BCUT2D eigenvalue weighted by atomic mass is 79.9. The van der Waals surface area contributed by atoms with Crippen molar-refractivity contribution in [3.05, 3.63) is 65.1 Å². The molecule has 4 rings (SSSR count). The van der Waals surface area contributed by atoms with Gasteiger partial charge in [-0.3, -0.25) is 9.59 Å². The molecule has 10 heteroatoms. The minimum atomic E-state index is -3.58. The summed E-state index contributed by atoms with van der Waals surface area (Å²) in [5, 5.41) is 4.73. The number of hydrogen-bond donors (Lipinski definition) is 1. The summed E-state index contributed by atoms with van der Waals surface area (Å²) in [6, 6.07) is 17.9. The Labute approximate surface area is 211 Å². The molecule has 1 N–H and O–H groups in total. The molecule has 0 aliphatic carbocycles. The van der Waals surface area contributed by atoms with E-state index in [-0.39, 0.29) is 10.6 Å². The number of thioether (sulfide) groups is 1. The molecule has 7 nitrogen and oxygen atoms in total. The molecule has 1 aliphatic rings. The first-order valence-electron chi connectivity index (χ1n) is 10.7. The Hall–Kier alpha value is -2.40. The smallest absolute Gasteiger partial charge is 0.316 e. The maximum atomic E-state index is 12.7. The van der Waals surface area contributed by atoms with E-state index in [9.17, 15) is 18.0 Å². The normalized spacial score (nSPS) is 14.3. The van der Waals surface area contributed by atoms with Crippen LogP contribution in [-0.2, 0) is 24.3 Å². The van der Waals surface area contributed by atoms with Crippen LogP contribution in [0.15, 0.2) is 74.9 Å². The van der Waals surface area contributed by atoms with Gasteiger partial charge in [0, 0.05) is 28.1 Å². The molecule has 1 saturated heterocycles. The summed E-state index contributed by atoms with van der Waals surface area (Å²) in [5.74, 6) is -1.01. The first-order chi connectivity index (χ1) is 16.3. The van der Waals surface area contributed by atoms with E-state index in [4.69, 9.17) is 4.74 Å². The van der Waals surface area contributed by atoms with Crippen molar-refractivity contribution in [2.24, 2.45) is 0 Å². The summed E-state index contributed by atoms with van der Waals surface area (Å²) in [7, 11) is -3.58. The average Bonchev–Trinajstić information content (AvgIpc) is 3.39. The van der Waals surface area contributed by atoms with Gasteiger partial charge in [0.25, 0.3) is 5.91 Å². The van der Waals surface area contributed by atoms with Gasteiger partial charge in [0.2, 0.25) is 10.0 Å². The highest BCUT2D eigenvalue weighted by Gasteiger charge is 2.27. The molecule has 178 valence electrons.